The average Bonchev–Trinajstić information content (AvgIpc) is 2.98. The highest BCUT2D eigenvalue weighted by molar-refractivity contribution is 6.16. The molecule has 0 saturated heterocycles. The molecule has 0 unspecified atom stereocenters. The SMILES string of the molecule is O=c1cc(CCl)nc(C2(c3ccccc3)CCCC2)[nH]1. The molecule has 0 atom stereocenters. The van der Waals surface area contributed by atoms with Crippen molar-refractivity contribution in [1.29, 1.82) is 0 Å². The highest BCUT2D eigenvalue weighted by Gasteiger charge is 2.39. The summed E-state index contributed by atoms with van der Waals surface area (Å²) < 4.78 is 0. The van der Waals surface area contributed by atoms with Crippen LogP contribution < -0.4 is 5.56 Å². The fourth-order valence-corrected chi connectivity index (χ4v) is 3.34. The Hall–Kier alpha value is -1.61. The minimum absolute atomic E-state index is 0.118. The Bertz CT molecular complexity index is 645. The van der Waals surface area contributed by atoms with Gasteiger partial charge in [0.1, 0.15) is 5.82 Å². The van der Waals surface area contributed by atoms with E-state index in [4.69, 9.17) is 11.6 Å². The third kappa shape index (κ3) is 2.27. The van der Waals surface area contributed by atoms with Gasteiger partial charge in [-0.2, -0.15) is 0 Å². The lowest BCUT2D eigenvalue weighted by atomic mass is 9.78. The second-order valence-electron chi connectivity index (χ2n) is 5.37. The monoisotopic (exact) mass is 288 g/mol. The molecule has 1 aromatic carbocycles. The maximum Gasteiger partial charge on any atom is 0.251 e. The molecule has 1 fully saturated rings. The van der Waals surface area contributed by atoms with Crippen molar-refractivity contribution >= 4 is 11.6 Å². The van der Waals surface area contributed by atoms with E-state index in [1.54, 1.807) is 0 Å². The zero-order chi connectivity index (χ0) is 14.0. The summed E-state index contributed by atoms with van der Waals surface area (Å²) in [7, 11) is 0. The van der Waals surface area contributed by atoms with Crippen LogP contribution in [0.4, 0.5) is 0 Å². The molecule has 104 valence electrons. The quantitative estimate of drug-likeness (QED) is 0.880. The van der Waals surface area contributed by atoms with Crippen LogP contribution in [0.25, 0.3) is 0 Å². The smallest absolute Gasteiger partial charge is 0.251 e. The molecule has 1 N–H and O–H groups in total. The Kier molecular flexibility index (Phi) is 3.62. The number of alkyl halides is 1. The molecular weight excluding hydrogens is 272 g/mol. The molecular formula is C16H17ClN2O. The van der Waals surface area contributed by atoms with E-state index in [-0.39, 0.29) is 16.9 Å². The second kappa shape index (κ2) is 5.41. The van der Waals surface area contributed by atoms with Gasteiger partial charge in [-0.05, 0) is 18.4 Å². The molecule has 2 aromatic rings. The molecule has 3 rings (SSSR count). The molecule has 3 nitrogen and oxygen atoms in total. The Labute approximate surface area is 123 Å². The van der Waals surface area contributed by atoms with E-state index in [2.05, 4.69) is 22.1 Å². The predicted molar refractivity (Wildman–Crippen MR) is 80.1 cm³/mol. The number of nitrogens with zero attached hydrogens (tertiary/aromatic N) is 1. The van der Waals surface area contributed by atoms with Crippen molar-refractivity contribution in [2.24, 2.45) is 0 Å². The molecule has 20 heavy (non-hydrogen) atoms. The van der Waals surface area contributed by atoms with E-state index in [1.165, 1.54) is 11.6 Å². The first kappa shape index (κ1) is 13.4. The van der Waals surface area contributed by atoms with Crippen molar-refractivity contribution in [3.63, 3.8) is 0 Å². The number of aromatic amines is 1. The lowest BCUT2D eigenvalue weighted by Gasteiger charge is -2.28. The highest BCUT2D eigenvalue weighted by Crippen LogP contribution is 2.44. The van der Waals surface area contributed by atoms with Crippen molar-refractivity contribution in [2.45, 2.75) is 37.0 Å². The molecule has 1 saturated carbocycles. The van der Waals surface area contributed by atoms with Crippen LogP contribution in [0.5, 0.6) is 0 Å². The molecule has 1 aliphatic carbocycles. The molecule has 0 spiro atoms. The summed E-state index contributed by atoms with van der Waals surface area (Å²) in [4.78, 5) is 19.4. The van der Waals surface area contributed by atoms with Crippen molar-refractivity contribution in [3.05, 3.63) is 63.8 Å². The molecule has 1 aliphatic rings. The number of hydrogen-bond acceptors (Lipinski definition) is 2. The van der Waals surface area contributed by atoms with Crippen LogP contribution in [-0.4, -0.2) is 9.97 Å². The summed E-state index contributed by atoms with van der Waals surface area (Å²) in [5.41, 5.74) is 1.59. The summed E-state index contributed by atoms with van der Waals surface area (Å²) in [5, 5.41) is 0. The zero-order valence-electron chi connectivity index (χ0n) is 11.2. The van der Waals surface area contributed by atoms with Gasteiger partial charge in [-0.25, -0.2) is 4.98 Å². The van der Waals surface area contributed by atoms with Crippen molar-refractivity contribution in [3.8, 4) is 0 Å². The maximum atomic E-state index is 11.8. The first-order chi connectivity index (χ1) is 9.74. The van der Waals surface area contributed by atoms with Crippen molar-refractivity contribution in [1.82, 2.24) is 9.97 Å². The molecule has 4 heteroatoms. The standard InChI is InChI=1S/C16H17ClN2O/c17-11-13-10-14(20)19-15(18-13)16(8-4-5-9-16)12-6-2-1-3-7-12/h1-3,6-7,10H,4-5,8-9,11H2,(H,18,19,20). The van der Waals surface area contributed by atoms with Gasteiger partial charge in [0.15, 0.2) is 0 Å². The Morgan fingerprint density at radius 3 is 2.55 bits per heavy atom. The fraction of sp³-hybridized carbons (Fsp3) is 0.375. The number of H-pyrrole nitrogens is 1. The van der Waals surface area contributed by atoms with Crippen molar-refractivity contribution in [2.75, 3.05) is 0 Å². The van der Waals surface area contributed by atoms with Crippen LogP contribution in [0.1, 0.15) is 42.8 Å². The number of nitrogens with one attached hydrogen (secondary N) is 1. The largest absolute Gasteiger partial charge is 0.310 e. The predicted octanol–water partition coefficient (Wildman–Crippen LogP) is 3.37. The van der Waals surface area contributed by atoms with Gasteiger partial charge in [-0.15, -0.1) is 11.6 Å². The molecule has 0 amide bonds. The number of halogens is 1. The van der Waals surface area contributed by atoms with Gasteiger partial charge in [0.25, 0.3) is 5.56 Å². The number of benzene rings is 1. The summed E-state index contributed by atoms with van der Waals surface area (Å²) in [6, 6.07) is 11.8. The third-order valence-corrected chi connectivity index (χ3v) is 4.44. The summed E-state index contributed by atoms with van der Waals surface area (Å²) in [6.07, 6.45) is 4.35. The van der Waals surface area contributed by atoms with Gasteiger partial charge < -0.3 is 4.98 Å². The summed E-state index contributed by atoms with van der Waals surface area (Å²) in [5.74, 6) is 1.03. The van der Waals surface area contributed by atoms with Crippen LogP contribution in [0.3, 0.4) is 0 Å². The topological polar surface area (TPSA) is 45.8 Å². The van der Waals surface area contributed by atoms with Gasteiger partial charge in [0.05, 0.1) is 17.0 Å². The van der Waals surface area contributed by atoms with E-state index < -0.39 is 0 Å². The normalized spacial score (nSPS) is 17.2. The van der Waals surface area contributed by atoms with Gasteiger partial charge in [0.2, 0.25) is 0 Å². The minimum atomic E-state index is -0.164. The van der Waals surface area contributed by atoms with E-state index in [9.17, 15) is 4.79 Å². The fourth-order valence-electron chi connectivity index (χ4n) is 3.20. The summed E-state index contributed by atoms with van der Waals surface area (Å²) >= 11 is 5.85. The Balaban J connectivity index is 2.17. The van der Waals surface area contributed by atoms with E-state index >= 15 is 0 Å². The van der Waals surface area contributed by atoms with Crippen LogP contribution in [0.15, 0.2) is 41.2 Å². The maximum absolute atomic E-state index is 11.8. The second-order valence-corrected chi connectivity index (χ2v) is 5.64. The van der Waals surface area contributed by atoms with E-state index in [1.807, 2.05) is 18.2 Å². The van der Waals surface area contributed by atoms with E-state index in [0.29, 0.717) is 5.69 Å². The van der Waals surface area contributed by atoms with E-state index in [0.717, 1.165) is 31.5 Å². The van der Waals surface area contributed by atoms with Crippen molar-refractivity contribution < 1.29 is 0 Å². The van der Waals surface area contributed by atoms with Crippen LogP contribution >= 0.6 is 11.6 Å². The average molecular weight is 289 g/mol. The Morgan fingerprint density at radius 2 is 1.90 bits per heavy atom. The first-order valence-electron chi connectivity index (χ1n) is 6.97. The summed E-state index contributed by atoms with van der Waals surface area (Å²) in [6.45, 7) is 0. The molecule has 1 aromatic heterocycles. The Morgan fingerprint density at radius 1 is 1.20 bits per heavy atom. The highest BCUT2D eigenvalue weighted by atomic mass is 35.5. The minimum Gasteiger partial charge on any atom is -0.310 e. The number of hydrogen-bond donors (Lipinski definition) is 1. The lowest BCUT2D eigenvalue weighted by molar-refractivity contribution is 0.495. The van der Waals surface area contributed by atoms with Gasteiger partial charge in [-0.1, -0.05) is 43.2 Å². The van der Waals surface area contributed by atoms with Crippen LogP contribution in [0, 0.1) is 0 Å². The lowest BCUT2D eigenvalue weighted by Crippen LogP contribution is -2.30. The molecule has 0 radical (unpaired) electrons. The third-order valence-electron chi connectivity index (χ3n) is 4.17. The molecule has 1 heterocycles. The van der Waals surface area contributed by atoms with Gasteiger partial charge >= 0.3 is 0 Å². The number of aromatic nitrogens is 2. The first-order valence-corrected chi connectivity index (χ1v) is 7.50. The number of rotatable bonds is 3. The zero-order valence-corrected chi connectivity index (χ0v) is 12.0. The molecule has 0 bridgehead atoms. The van der Waals surface area contributed by atoms with Crippen LogP contribution in [-0.2, 0) is 11.3 Å². The molecule has 0 aliphatic heterocycles. The van der Waals surface area contributed by atoms with Gasteiger partial charge in [-0.3, -0.25) is 4.79 Å². The van der Waals surface area contributed by atoms with Crippen LogP contribution in [0.2, 0.25) is 0 Å². The van der Waals surface area contributed by atoms with Gasteiger partial charge in [0, 0.05) is 6.07 Å².